The van der Waals surface area contributed by atoms with E-state index in [4.69, 9.17) is 5.11 Å². The fourth-order valence-corrected chi connectivity index (χ4v) is 1.22. The molecule has 6 heteroatoms. The highest BCUT2D eigenvalue weighted by molar-refractivity contribution is 5.97. The van der Waals surface area contributed by atoms with Gasteiger partial charge in [0.1, 0.15) is 11.9 Å². The van der Waals surface area contributed by atoms with Crippen LogP contribution in [0.15, 0.2) is 18.2 Å². The van der Waals surface area contributed by atoms with E-state index in [-0.39, 0.29) is 11.4 Å². The predicted octanol–water partition coefficient (Wildman–Crippen LogP) is 0.475. The van der Waals surface area contributed by atoms with Gasteiger partial charge < -0.3 is 20.6 Å². The molecule has 0 bridgehead atoms. The number of hydrogen-bond donors (Lipinski definition) is 4. The Morgan fingerprint density at radius 2 is 2.06 bits per heavy atom. The number of carbonyl (C=O) groups excluding carboxylic acids is 1. The molecule has 0 saturated carbocycles. The van der Waals surface area contributed by atoms with Crippen LogP contribution >= 0.6 is 0 Å². The third-order valence-electron chi connectivity index (χ3n) is 2.08. The van der Waals surface area contributed by atoms with Gasteiger partial charge in [-0.2, -0.15) is 0 Å². The second kappa shape index (κ2) is 5.31. The number of phenolic OH excluding ortho intramolecular Hbond substituents is 1. The monoisotopic (exact) mass is 239 g/mol. The molecule has 1 amide bonds. The van der Waals surface area contributed by atoms with Crippen molar-refractivity contribution < 1.29 is 24.9 Å². The largest absolute Gasteiger partial charge is 0.506 e. The molecule has 0 saturated heterocycles. The first-order valence-corrected chi connectivity index (χ1v) is 4.90. The van der Waals surface area contributed by atoms with Gasteiger partial charge in [0, 0.05) is 0 Å². The van der Waals surface area contributed by atoms with Crippen molar-refractivity contribution in [2.75, 3.05) is 5.32 Å². The Kier molecular flexibility index (Phi) is 4.06. The summed E-state index contributed by atoms with van der Waals surface area (Å²) in [6.45, 7) is 1.77. The van der Waals surface area contributed by atoms with Crippen molar-refractivity contribution in [3.05, 3.63) is 23.8 Å². The van der Waals surface area contributed by atoms with Gasteiger partial charge in [-0.1, -0.05) is 6.07 Å². The predicted molar refractivity (Wildman–Crippen MR) is 59.7 cm³/mol. The number of hydrogen-bond acceptors (Lipinski definition) is 4. The highest BCUT2D eigenvalue weighted by atomic mass is 16.4. The standard InChI is InChI=1S/C11H13NO5/c1-6-2-3-8(13)7(4-6)12-11(17)9(14)5-10(15)16/h2-4,9,13-14H,5H2,1H3,(H,12,17)(H,15,16). The van der Waals surface area contributed by atoms with Gasteiger partial charge >= 0.3 is 5.97 Å². The number of aliphatic hydroxyl groups excluding tert-OH is 1. The first-order valence-electron chi connectivity index (χ1n) is 4.90. The van der Waals surface area contributed by atoms with Gasteiger partial charge in [0.15, 0.2) is 0 Å². The number of aryl methyl sites for hydroxylation is 1. The minimum absolute atomic E-state index is 0.138. The van der Waals surface area contributed by atoms with Crippen molar-refractivity contribution in [2.24, 2.45) is 0 Å². The molecule has 4 N–H and O–H groups in total. The maximum absolute atomic E-state index is 11.4. The van der Waals surface area contributed by atoms with E-state index in [2.05, 4.69) is 5.32 Å². The number of aliphatic hydroxyl groups is 1. The quantitative estimate of drug-likeness (QED) is 0.571. The number of anilines is 1. The number of carboxylic acids is 1. The van der Waals surface area contributed by atoms with Gasteiger partial charge in [-0.25, -0.2) is 0 Å². The Labute approximate surface area is 97.5 Å². The Balaban J connectivity index is 2.73. The van der Waals surface area contributed by atoms with Crippen molar-refractivity contribution in [2.45, 2.75) is 19.4 Å². The fourth-order valence-electron chi connectivity index (χ4n) is 1.22. The molecule has 1 aromatic rings. The fraction of sp³-hybridized carbons (Fsp3) is 0.273. The van der Waals surface area contributed by atoms with Gasteiger partial charge in [-0.15, -0.1) is 0 Å². The third kappa shape index (κ3) is 3.76. The molecule has 1 unspecified atom stereocenters. The van der Waals surface area contributed by atoms with Crippen molar-refractivity contribution in [1.82, 2.24) is 0 Å². The Morgan fingerprint density at radius 3 is 2.65 bits per heavy atom. The number of aromatic hydroxyl groups is 1. The number of benzene rings is 1. The smallest absolute Gasteiger partial charge is 0.306 e. The number of phenols is 1. The summed E-state index contributed by atoms with van der Waals surface area (Å²) in [7, 11) is 0. The maximum Gasteiger partial charge on any atom is 0.306 e. The van der Waals surface area contributed by atoms with E-state index in [9.17, 15) is 19.8 Å². The average Bonchev–Trinajstić information content (AvgIpc) is 2.22. The zero-order chi connectivity index (χ0) is 13.0. The summed E-state index contributed by atoms with van der Waals surface area (Å²) in [5.41, 5.74) is 0.949. The van der Waals surface area contributed by atoms with Crippen LogP contribution in [0.3, 0.4) is 0 Å². The normalized spacial score (nSPS) is 11.9. The first-order chi connectivity index (χ1) is 7.90. The first kappa shape index (κ1) is 13.0. The minimum atomic E-state index is -1.65. The van der Waals surface area contributed by atoms with E-state index in [0.29, 0.717) is 0 Å². The molecule has 0 aliphatic heterocycles. The van der Waals surface area contributed by atoms with Crippen molar-refractivity contribution in [3.8, 4) is 5.75 Å². The minimum Gasteiger partial charge on any atom is -0.506 e. The van der Waals surface area contributed by atoms with Crippen LogP contribution in [0.2, 0.25) is 0 Å². The SMILES string of the molecule is Cc1ccc(O)c(NC(=O)C(O)CC(=O)O)c1. The van der Waals surface area contributed by atoms with Crippen LogP contribution in [0.5, 0.6) is 5.75 Å². The number of carbonyl (C=O) groups is 2. The lowest BCUT2D eigenvalue weighted by Crippen LogP contribution is -2.29. The average molecular weight is 239 g/mol. The molecule has 0 fully saturated rings. The summed E-state index contributed by atoms with van der Waals surface area (Å²) in [5, 5.41) is 29.3. The Morgan fingerprint density at radius 1 is 1.41 bits per heavy atom. The molecule has 17 heavy (non-hydrogen) atoms. The lowest BCUT2D eigenvalue weighted by molar-refractivity contribution is -0.142. The molecule has 1 aromatic carbocycles. The molecule has 0 aliphatic carbocycles. The Bertz CT molecular complexity index is 443. The van der Waals surface area contributed by atoms with Crippen molar-refractivity contribution in [1.29, 1.82) is 0 Å². The van der Waals surface area contributed by atoms with Crippen LogP contribution in [-0.2, 0) is 9.59 Å². The second-order valence-electron chi connectivity index (χ2n) is 3.62. The van der Waals surface area contributed by atoms with Crippen LogP contribution in [0.4, 0.5) is 5.69 Å². The van der Waals surface area contributed by atoms with Crippen LogP contribution in [0.1, 0.15) is 12.0 Å². The van der Waals surface area contributed by atoms with Gasteiger partial charge in [0.05, 0.1) is 12.1 Å². The number of rotatable bonds is 4. The van der Waals surface area contributed by atoms with Crippen LogP contribution in [-0.4, -0.2) is 33.3 Å². The summed E-state index contributed by atoms with van der Waals surface area (Å²) in [5.74, 6) is -2.29. The summed E-state index contributed by atoms with van der Waals surface area (Å²) < 4.78 is 0. The number of carboxylic acid groups (broad SMARTS) is 1. The lowest BCUT2D eigenvalue weighted by atomic mass is 10.2. The molecule has 0 aliphatic rings. The van der Waals surface area contributed by atoms with Gasteiger partial charge in [0.25, 0.3) is 5.91 Å². The summed E-state index contributed by atoms with van der Waals surface area (Å²) in [6, 6.07) is 4.56. The van der Waals surface area contributed by atoms with E-state index in [1.807, 2.05) is 0 Å². The second-order valence-corrected chi connectivity index (χ2v) is 3.62. The summed E-state index contributed by atoms with van der Waals surface area (Å²) >= 11 is 0. The topological polar surface area (TPSA) is 107 Å². The van der Waals surface area contributed by atoms with Crippen LogP contribution in [0.25, 0.3) is 0 Å². The molecule has 0 radical (unpaired) electrons. The van der Waals surface area contributed by atoms with Gasteiger partial charge in [0.2, 0.25) is 0 Å². The summed E-state index contributed by atoms with van der Waals surface area (Å²) in [4.78, 5) is 21.7. The van der Waals surface area contributed by atoms with E-state index in [1.165, 1.54) is 12.1 Å². The highest BCUT2D eigenvalue weighted by Crippen LogP contribution is 2.23. The van der Waals surface area contributed by atoms with Crippen molar-refractivity contribution >= 4 is 17.6 Å². The maximum atomic E-state index is 11.4. The molecule has 0 aromatic heterocycles. The molecule has 6 nitrogen and oxygen atoms in total. The molecule has 1 atom stereocenters. The highest BCUT2D eigenvalue weighted by Gasteiger charge is 2.19. The van der Waals surface area contributed by atoms with Crippen LogP contribution < -0.4 is 5.32 Å². The molecule has 0 spiro atoms. The molecular formula is C11H13NO5. The van der Waals surface area contributed by atoms with Crippen LogP contribution in [0, 0.1) is 6.92 Å². The molecule has 92 valence electrons. The van der Waals surface area contributed by atoms with Crippen molar-refractivity contribution in [3.63, 3.8) is 0 Å². The molecule has 0 heterocycles. The zero-order valence-corrected chi connectivity index (χ0v) is 9.17. The number of aliphatic carboxylic acids is 1. The lowest BCUT2D eigenvalue weighted by Gasteiger charge is -2.11. The van der Waals surface area contributed by atoms with Gasteiger partial charge in [-0.05, 0) is 24.6 Å². The zero-order valence-electron chi connectivity index (χ0n) is 9.17. The van der Waals surface area contributed by atoms with E-state index in [0.717, 1.165) is 5.56 Å². The molecular weight excluding hydrogens is 226 g/mol. The van der Waals surface area contributed by atoms with E-state index in [1.54, 1.807) is 13.0 Å². The number of amides is 1. The Hall–Kier alpha value is -2.08. The number of nitrogens with one attached hydrogen (secondary N) is 1. The molecule has 1 rings (SSSR count). The van der Waals surface area contributed by atoms with Gasteiger partial charge in [-0.3, -0.25) is 9.59 Å². The van der Waals surface area contributed by atoms with E-state index < -0.39 is 24.4 Å². The van der Waals surface area contributed by atoms with E-state index >= 15 is 0 Å². The summed E-state index contributed by atoms with van der Waals surface area (Å²) in [6.07, 6.45) is -2.33. The third-order valence-corrected chi connectivity index (χ3v) is 2.08.